The van der Waals surface area contributed by atoms with Gasteiger partial charge in [0.2, 0.25) is 5.89 Å². The van der Waals surface area contributed by atoms with E-state index in [1.54, 1.807) is 0 Å². The van der Waals surface area contributed by atoms with Gasteiger partial charge in [0, 0.05) is 17.9 Å². The van der Waals surface area contributed by atoms with Gasteiger partial charge in [-0.1, -0.05) is 31.8 Å². The van der Waals surface area contributed by atoms with Gasteiger partial charge in [0.1, 0.15) is 0 Å². The highest BCUT2D eigenvalue weighted by Crippen LogP contribution is 2.30. The predicted octanol–water partition coefficient (Wildman–Crippen LogP) is 2.40. The van der Waals surface area contributed by atoms with Crippen LogP contribution in [0, 0.1) is 0 Å². The number of hydrogen-bond donors (Lipinski definition) is 1. The molecule has 1 atom stereocenters. The molecule has 0 bridgehead atoms. The second kappa shape index (κ2) is 4.53. The van der Waals surface area contributed by atoms with Crippen molar-refractivity contribution in [3.05, 3.63) is 11.7 Å². The zero-order valence-corrected chi connectivity index (χ0v) is 10.2. The summed E-state index contributed by atoms with van der Waals surface area (Å²) in [6, 6.07) is 0. The van der Waals surface area contributed by atoms with Crippen molar-refractivity contribution in [2.75, 3.05) is 0 Å². The van der Waals surface area contributed by atoms with E-state index in [1.165, 1.54) is 12.8 Å². The molecule has 2 N–H and O–H groups in total. The van der Waals surface area contributed by atoms with E-state index in [0.29, 0.717) is 11.8 Å². The fourth-order valence-electron chi connectivity index (χ4n) is 2.28. The van der Waals surface area contributed by atoms with E-state index in [-0.39, 0.29) is 5.54 Å². The van der Waals surface area contributed by atoms with Crippen molar-refractivity contribution in [3.63, 3.8) is 0 Å². The summed E-state index contributed by atoms with van der Waals surface area (Å²) in [5.41, 5.74) is 6.18. The van der Waals surface area contributed by atoms with Crippen LogP contribution in [0.25, 0.3) is 0 Å². The van der Waals surface area contributed by atoms with E-state index in [0.717, 1.165) is 31.5 Å². The minimum Gasteiger partial charge on any atom is -0.339 e. The van der Waals surface area contributed by atoms with E-state index < -0.39 is 0 Å². The third kappa shape index (κ3) is 2.43. The maximum atomic E-state index is 6.28. The zero-order valence-electron chi connectivity index (χ0n) is 10.2. The van der Waals surface area contributed by atoms with E-state index in [9.17, 15) is 0 Å². The summed E-state index contributed by atoms with van der Waals surface area (Å²) in [5.74, 6) is 1.90. The molecule has 4 heteroatoms. The fourth-order valence-corrected chi connectivity index (χ4v) is 2.28. The normalized spacial score (nSPS) is 21.2. The summed E-state index contributed by atoms with van der Waals surface area (Å²) >= 11 is 0. The van der Waals surface area contributed by atoms with Gasteiger partial charge in [-0.05, 0) is 19.3 Å². The average molecular weight is 223 g/mol. The topological polar surface area (TPSA) is 64.9 Å². The van der Waals surface area contributed by atoms with Gasteiger partial charge in [0.15, 0.2) is 5.82 Å². The van der Waals surface area contributed by atoms with E-state index in [2.05, 4.69) is 24.0 Å². The van der Waals surface area contributed by atoms with Crippen LogP contribution in [0.4, 0.5) is 0 Å². The molecule has 1 fully saturated rings. The van der Waals surface area contributed by atoms with Gasteiger partial charge in [-0.2, -0.15) is 4.98 Å². The lowest BCUT2D eigenvalue weighted by molar-refractivity contribution is 0.326. The second-order valence-electron chi connectivity index (χ2n) is 5.10. The standard InChI is InChI=1S/C12H21N3O/c1-3-9(2)11-14-10(16-15-11)8-12(13)6-4-5-7-12/h9H,3-8,13H2,1-2H3. The lowest BCUT2D eigenvalue weighted by Crippen LogP contribution is -2.38. The SMILES string of the molecule is CCC(C)c1noc(CC2(N)CCCC2)n1. The number of nitrogens with two attached hydrogens (primary N) is 1. The van der Waals surface area contributed by atoms with Gasteiger partial charge in [0.05, 0.1) is 0 Å². The molecule has 16 heavy (non-hydrogen) atoms. The molecule has 0 radical (unpaired) electrons. The summed E-state index contributed by atoms with van der Waals surface area (Å²) in [4.78, 5) is 4.43. The van der Waals surface area contributed by atoms with Gasteiger partial charge in [-0.15, -0.1) is 0 Å². The van der Waals surface area contributed by atoms with E-state index >= 15 is 0 Å². The first-order chi connectivity index (χ1) is 7.63. The first kappa shape index (κ1) is 11.6. The molecular formula is C12H21N3O. The fraction of sp³-hybridized carbons (Fsp3) is 0.833. The number of hydrogen-bond acceptors (Lipinski definition) is 4. The lowest BCUT2D eigenvalue weighted by atomic mass is 9.95. The molecule has 0 aliphatic heterocycles. The average Bonchev–Trinajstić information content (AvgIpc) is 2.87. The summed E-state index contributed by atoms with van der Waals surface area (Å²) in [7, 11) is 0. The van der Waals surface area contributed by atoms with E-state index in [4.69, 9.17) is 10.3 Å². The highest BCUT2D eigenvalue weighted by molar-refractivity contribution is 5.00. The Morgan fingerprint density at radius 3 is 2.75 bits per heavy atom. The van der Waals surface area contributed by atoms with Crippen LogP contribution < -0.4 is 5.73 Å². The predicted molar refractivity (Wildman–Crippen MR) is 62.1 cm³/mol. The Labute approximate surface area is 96.6 Å². The first-order valence-electron chi connectivity index (χ1n) is 6.24. The summed E-state index contributed by atoms with van der Waals surface area (Å²) in [5, 5.41) is 4.02. The molecule has 1 aliphatic rings. The van der Waals surface area contributed by atoms with Crippen molar-refractivity contribution in [3.8, 4) is 0 Å². The van der Waals surface area contributed by atoms with Gasteiger partial charge in [-0.3, -0.25) is 0 Å². The molecule has 0 aromatic carbocycles. The third-order valence-corrected chi connectivity index (χ3v) is 3.64. The van der Waals surface area contributed by atoms with Gasteiger partial charge in [-0.25, -0.2) is 0 Å². The quantitative estimate of drug-likeness (QED) is 0.851. The Hall–Kier alpha value is -0.900. The van der Waals surface area contributed by atoms with Gasteiger partial charge < -0.3 is 10.3 Å². The highest BCUT2D eigenvalue weighted by atomic mass is 16.5. The van der Waals surface area contributed by atoms with Crippen LogP contribution in [0.1, 0.15) is 63.6 Å². The minimum absolute atomic E-state index is 0.0980. The van der Waals surface area contributed by atoms with Crippen molar-refractivity contribution in [1.29, 1.82) is 0 Å². The van der Waals surface area contributed by atoms with Gasteiger partial charge in [0.25, 0.3) is 0 Å². The van der Waals surface area contributed by atoms with Crippen molar-refractivity contribution in [2.45, 2.75) is 63.8 Å². The van der Waals surface area contributed by atoms with Crippen LogP contribution in [0.5, 0.6) is 0 Å². The van der Waals surface area contributed by atoms with Crippen LogP contribution in [0.15, 0.2) is 4.52 Å². The lowest BCUT2D eigenvalue weighted by Gasteiger charge is -2.20. The second-order valence-corrected chi connectivity index (χ2v) is 5.10. The molecule has 90 valence electrons. The molecule has 1 heterocycles. The zero-order chi connectivity index (χ0) is 11.6. The van der Waals surface area contributed by atoms with Crippen LogP contribution in [0.2, 0.25) is 0 Å². The van der Waals surface area contributed by atoms with Crippen LogP contribution in [0.3, 0.4) is 0 Å². The number of rotatable bonds is 4. The molecule has 0 saturated heterocycles. The molecule has 0 amide bonds. The molecule has 1 unspecified atom stereocenters. The van der Waals surface area contributed by atoms with Crippen molar-refractivity contribution in [2.24, 2.45) is 5.73 Å². The molecule has 1 aliphatic carbocycles. The number of nitrogens with zero attached hydrogens (tertiary/aromatic N) is 2. The summed E-state index contributed by atoms with van der Waals surface area (Å²) < 4.78 is 5.27. The van der Waals surface area contributed by atoms with Crippen LogP contribution in [-0.2, 0) is 6.42 Å². The molecule has 1 saturated carbocycles. The third-order valence-electron chi connectivity index (χ3n) is 3.64. The first-order valence-corrected chi connectivity index (χ1v) is 6.24. The van der Waals surface area contributed by atoms with Crippen LogP contribution in [-0.4, -0.2) is 15.7 Å². The molecule has 4 nitrogen and oxygen atoms in total. The Morgan fingerprint density at radius 2 is 2.12 bits per heavy atom. The Kier molecular flexibility index (Phi) is 3.28. The van der Waals surface area contributed by atoms with Crippen molar-refractivity contribution >= 4 is 0 Å². The Balaban J connectivity index is 2.02. The molecular weight excluding hydrogens is 202 g/mol. The molecule has 2 rings (SSSR count). The smallest absolute Gasteiger partial charge is 0.228 e. The van der Waals surface area contributed by atoms with E-state index in [1.807, 2.05) is 0 Å². The largest absolute Gasteiger partial charge is 0.339 e. The van der Waals surface area contributed by atoms with Crippen molar-refractivity contribution < 1.29 is 4.52 Å². The van der Waals surface area contributed by atoms with Crippen LogP contribution >= 0.6 is 0 Å². The maximum absolute atomic E-state index is 6.28. The summed E-state index contributed by atoms with van der Waals surface area (Å²) in [6.07, 6.45) is 6.37. The number of aromatic nitrogens is 2. The molecule has 1 aromatic rings. The Bertz CT molecular complexity index is 342. The maximum Gasteiger partial charge on any atom is 0.228 e. The summed E-state index contributed by atoms with van der Waals surface area (Å²) in [6.45, 7) is 4.24. The minimum atomic E-state index is -0.0980. The molecule has 0 spiro atoms. The molecule has 1 aromatic heterocycles. The van der Waals surface area contributed by atoms with Gasteiger partial charge >= 0.3 is 0 Å². The monoisotopic (exact) mass is 223 g/mol. The van der Waals surface area contributed by atoms with Crippen molar-refractivity contribution in [1.82, 2.24) is 10.1 Å². The Morgan fingerprint density at radius 1 is 1.44 bits per heavy atom. The highest BCUT2D eigenvalue weighted by Gasteiger charge is 2.31.